The molecule has 226 valence electrons. The summed E-state index contributed by atoms with van der Waals surface area (Å²) < 4.78 is 15.8. The monoisotopic (exact) mass is 568 g/mol. The number of rotatable bonds is 14. The number of aromatic nitrogens is 5. The average molecular weight is 569 g/mol. The fourth-order valence-electron chi connectivity index (χ4n) is 4.07. The van der Waals surface area contributed by atoms with Crippen LogP contribution in [-0.4, -0.2) is 84.4 Å². The molecule has 0 fully saturated rings. The Balaban J connectivity index is 0.00000287. The summed E-state index contributed by atoms with van der Waals surface area (Å²) in [6, 6.07) is 0. The second kappa shape index (κ2) is 15.9. The molecule has 41 heavy (non-hydrogen) atoms. The highest BCUT2D eigenvalue weighted by atomic mass is 16.5. The van der Waals surface area contributed by atoms with Gasteiger partial charge in [-0.2, -0.15) is 5.10 Å². The molecule has 2 unspecified atom stereocenters. The van der Waals surface area contributed by atoms with Crippen molar-refractivity contribution in [1.29, 1.82) is 0 Å². The van der Waals surface area contributed by atoms with Crippen LogP contribution < -0.4 is 10.5 Å². The fraction of sp³-hybridized carbons (Fsp3) is 0.533. The first-order valence-corrected chi connectivity index (χ1v) is 14.3. The Kier molecular flexibility index (Phi) is 13.0. The molecule has 0 spiro atoms. The molecule has 11 heteroatoms. The number of nitrogens with zero attached hydrogens (tertiary/aromatic N) is 7. The smallest absolute Gasteiger partial charge is 0.234 e. The standard InChI is InChI=1S/C28H42N8O3.C2H6/c1-9-23-13-32-28-31-12-22(16-36(23)28)24-14-33-34(8)27(24)39-20(6)15-35(10-2)17-25(30-11-19(5)37)21(7)26(29)38-18(3)4;1-2/h9,12-14,16,18-20,37H,1,10-11,15,17,29H2,2-8H3;1-2H3/b26-21+,30-25?;. The van der Waals surface area contributed by atoms with Gasteiger partial charge in [-0.05, 0) is 47.2 Å². The zero-order valence-corrected chi connectivity index (χ0v) is 26.1. The van der Waals surface area contributed by atoms with Crippen molar-refractivity contribution in [3.63, 3.8) is 0 Å². The molecule has 0 aliphatic rings. The lowest BCUT2D eigenvalue weighted by Crippen LogP contribution is -2.38. The third-order valence-corrected chi connectivity index (χ3v) is 6.16. The zero-order chi connectivity index (χ0) is 30.7. The molecule has 0 aromatic carbocycles. The number of aliphatic imine (C=N–C) groups is 1. The summed E-state index contributed by atoms with van der Waals surface area (Å²) in [4.78, 5) is 15.7. The molecule has 3 heterocycles. The Morgan fingerprint density at radius 1 is 1.20 bits per heavy atom. The lowest BCUT2D eigenvalue weighted by atomic mass is 10.1. The Hall–Kier alpha value is -3.70. The van der Waals surface area contributed by atoms with E-state index in [2.05, 4.69) is 38.5 Å². The van der Waals surface area contributed by atoms with E-state index in [0.29, 0.717) is 30.6 Å². The molecule has 0 radical (unpaired) electrons. The molecular formula is C30H48N8O3. The van der Waals surface area contributed by atoms with E-state index in [1.165, 1.54) is 0 Å². The lowest BCUT2D eigenvalue weighted by Gasteiger charge is -2.26. The molecule has 3 aromatic heterocycles. The molecule has 0 saturated heterocycles. The predicted octanol–water partition coefficient (Wildman–Crippen LogP) is 4.33. The van der Waals surface area contributed by atoms with E-state index >= 15 is 0 Å². The maximum Gasteiger partial charge on any atom is 0.234 e. The van der Waals surface area contributed by atoms with Crippen LogP contribution in [-0.2, 0) is 11.8 Å². The van der Waals surface area contributed by atoms with Gasteiger partial charge in [0.1, 0.15) is 6.10 Å². The van der Waals surface area contributed by atoms with Gasteiger partial charge in [0.25, 0.3) is 0 Å². The number of likely N-dealkylation sites (N-methyl/N-ethyl adjacent to an activating group) is 1. The highest BCUT2D eigenvalue weighted by molar-refractivity contribution is 6.01. The molecule has 0 aliphatic carbocycles. The third kappa shape index (κ3) is 9.15. The fourth-order valence-corrected chi connectivity index (χ4v) is 4.07. The second-order valence-corrected chi connectivity index (χ2v) is 9.94. The van der Waals surface area contributed by atoms with Crippen molar-refractivity contribution in [3.8, 4) is 17.0 Å². The van der Waals surface area contributed by atoms with Crippen LogP contribution in [0, 0.1) is 0 Å². The number of imidazole rings is 1. The van der Waals surface area contributed by atoms with Gasteiger partial charge < -0.3 is 20.3 Å². The van der Waals surface area contributed by atoms with Crippen LogP contribution in [0.15, 0.2) is 47.8 Å². The van der Waals surface area contributed by atoms with Crippen LogP contribution in [0.25, 0.3) is 23.0 Å². The van der Waals surface area contributed by atoms with Gasteiger partial charge in [0.15, 0.2) is 5.88 Å². The zero-order valence-electron chi connectivity index (χ0n) is 26.1. The SMILES string of the molecule is C=Cc1cnc2ncc(-c3cnn(C)c3OC(C)CN(CC)CC(=NCC(C)O)/C(C)=C(\N)OC(C)C)cn12.CC. The summed E-state index contributed by atoms with van der Waals surface area (Å²) >= 11 is 0. The molecule has 0 aliphatic heterocycles. The molecular weight excluding hydrogens is 520 g/mol. The van der Waals surface area contributed by atoms with Crippen molar-refractivity contribution >= 4 is 17.6 Å². The Morgan fingerprint density at radius 2 is 1.88 bits per heavy atom. The van der Waals surface area contributed by atoms with Gasteiger partial charge >= 0.3 is 0 Å². The maximum absolute atomic E-state index is 9.83. The van der Waals surface area contributed by atoms with Crippen molar-refractivity contribution in [2.75, 3.05) is 26.2 Å². The van der Waals surface area contributed by atoms with E-state index in [9.17, 15) is 5.11 Å². The van der Waals surface area contributed by atoms with Crippen LogP contribution in [0.2, 0.25) is 0 Å². The molecule has 0 saturated carbocycles. The molecule has 3 rings (SSSR count). The highest BCUT2D eigenvalue weighted by Gasteiger charge is 2.20. The van der Waals surface area contributed by atoms with Gasteiger partial charge in [0.05, 0.1) is 48.1 Å². The number of aliphatic hydroxyl groups is 1. The van der Waals surface area contributed by atoms with Gasteiger partial charge in [-0.1, -0.05) is 27.4 Å². The Bertz CT molecular complexity index is 1320. The first-order valence-electron chi connectivity index (χ1n) is 14.3. The summed E-state index contributed by atoms with van der Waals surface area (Å²) in [6.45, 7) is 21.7. The molecule has 3 N–H and O–H groups in total. The van der Waals surface area contributed by atoms with Crippen molar-refractivity contribution in [1.82, 2.24) is 29.0 Å². The van der Waals surface area contributed by atoms with E-state index in [-0.39, 0.29) is 18.8 Å². The minimum atomic E-state index is -0.556. The van der Waals surface area contributed by atoms with Crippen LogP contribution in [0.4, 0.5) is 0 Å². The van der Waals surface area contributed by atoms with Crippen molar-refractivity contribution in [2.24, 2.45) is 17.8 Å². The van der Waals surface area contributed by atoms with Crippen LogP contribution in [0.1, 0.15) is 61.1 Å². The Morgan fingerprint density at radius 3 is 2.49 bits per heavy atom. The summed E-state index contributed by atoms with van der Waals surface area (Å²) in [5.74, 6) is 1.59. The van der Waals surface area contributed by atoms with Gasteiger partial charge in [0, 0.05) is 43.7 Å². The van der Waals surface area contributed by atoms with Crippen molar-refractivity contribution in [3.05, 3.63) is 48.5 Å². The molecule has 3 aromatic rings. The number of nitrogens with two attached hydrogens (primary N) is 1. The van der Waals surface area contributed by atoms with Crippen molar-refractivity contribution in [2.45, 2.75) is 73.7 Å². The van der Waals surface area contributed by atoms with E-state index in [0.717, 1.165) is 34.7 Å². The van der Waals surface area contributed by atoms with Crippen LogP contribution in [0.5, 0.6) is 5.88 Å². The van der Waals surface area contributed by atoms with Crippen LogP contribution in [0.3, 0.4) is 0 Å². The van der Waals surface area contributed by atoms with Crippen LogP contribution >= 0.6 is 0 Å². The van der Waals surface area contributed by atoms with Crippen molar-refractivity contribution < 1.29 is 14.6 Å². The average Bonchev–Trinajstić information content (AvgIpc) is 3.52. The van der Waals surface area contributed by atoms with E-state index in [1.54, 1.807) is 36.3 Å². The minimum absolute atomic E-state index is 0.0465. The minimum Gasteiger partial charge on any atom is -0.476 e. The second-order valence-electron chi connectivity index (χ2n) is 9.94. The van der Waals surface area contributed by atoms with E-state index < -0.39 is 6.10 Å². The summed E-state index contributed by atoms with van der Waals surface area (Å²) in [5.41, 5.74) is 10.3. The number of ether oxygens (including phenoxy) is 2. The quantitative estimate of drug-likeness (QED) is 0.217. The number of hydrogen-bond acceptors (Lipinski definition) is 9. The molecule has 0 amide bonds. The molecule has 2 atom stereocenters. The number of fused-ring (bicyclic) bond motifs is 1. The highest BCUT2D eigenvalue weighted by Crippen LogP contribution is 2.30. The largest absolute Gasteiger partial charge is 0.476 e. The summed E-state index contributed by atoms with van der Waals surface area (Å²) in [7, 11) is 1.86. The van der Waals surface area contributed by atoms with Gasteiger partial charge in [-0.25, -0.2) is 14.6 Å². The number of aryl methyl sites for hydroxylation is 1. The number of aliphatic hydroxyl groups excluding tert-OH is 1. The first-order chi connectivity index (χ1) is 19.5. The van der Waals surface area contributed by atoms with Gasteiger partial charge in [-0.3, -0.25) is 14.3 Å². The first kappa shape index (κ1) is 33.5. The lowest BCUT2D eigenvalue weighted by molar-refractivity contribution is 0.142. The van der Waals surface area contributed by atoms with E-state index in [4.69, 9.17) is 15.2 Å². The summed E-state index contributed by atoms with van der Waals surface area (Å²) in [6.07, 6.45) is 8.22. The Labute approximate surface area is 244 Å². The predicted molar refractivity (Wildman–Crippen MR) is 166 cm³/mol. The third-order valence-electron chi connectivity index (χ3n) is 6.16. The number of hydrogen-bond donors (Lipinski definition) is 2. The van der Waals surface area contributed by atoms with E-state index in [1.807, 2.05) is 59.2 Å². The van der Waals surface area contributed by atoms with Gasteiger partial charge in [0.2, 0.25) is 11.7 Å². The van der Waals surface area contributed by atoms with Gasteiger partial charge in [-0.15, -0.1) is 0 Å². The topological polar surface area (TPSA) is 128 Å². The molecule has 0 bridgehead atoms. The normalized spacial score (nSPS) is 14.0. The summed E-state index contributed by atoms with van der Waals surface area (Å²) in [5, 5.41) is 14.3. The molecule has 11 nitrogen and oxygen atoms in total. The maximum atomic E-state index is 9.83.